The van der Waals surface area contributed by atoms with Crippen molar-refractivity contribution in [2.75, 3.05) is 6.61 Å². The van der Waals surface area contributed by atoms with Gasteiger partial charge < -0.3 is 35.3 Å². The molecular formula is C14H15BrClNO6. The van der Waals surface area contributed by atoms with Crippen molar-refractivity contribution in [1.29, 1.82) is 0 Å². The Morgan fingerprint density at radius 1 is 1.30 bits per heavy atom. The van der Waals surface area contributed by atoms with Crippen molar-refractivity contribution in [1.82, 2.24) is 4.98 Å². The normalized spacial score (nSPS) is 21.2. The van der Waals surface area contributed by atoms with Crippen LogP contribution in [0.25, 0.3) is 10.9 Å². The third-order valence-corrected chi connectivity index (χ3v) is 5.37. The molecule has 0 spiro atoms. The van der Waals surface area contributed by atoms with E-state index in [1.54, 1.807) is 24.3 Å². The number of alkyl halides is 2. The zero-order chi connectivity index (χ0) is 17.5. The molecule has 4 atom stereocenters. The maximum atomic E-state index is 11.0. The topological polar surface area (TPSA) is 134 Å². The Bertz CT molecular complexity index is 685. The molecule has 0 fully saturated rings. The van der Waals surface area contributed by atoms with Crippen molar-refractivity contribution in [2.45, 2.75) is 21.3 Å². The number of fused-ring (bicyclic) bond motifs is 1. The number of rotatable bonds is 6. The molecule has 0 aliphatic carbocycles. The number of aliphatic hydroxyl groups is 5. The minimum Gasteiger partial charge on any atom is -0.392 e. The predicted octanol–water partition coefficient (Wildman–Crippen LogP) is -0.0815. The lowest BCUT2D eigenvalue weighted by Gasteiger charge is -2.45. The van der Waals surface area contributed by atoms with Gasteiger partial charge in [0, 0.05) is 5.52 Å². The van der Waals surface area contributed by atoms with E-state index in [0.29, 0.717) is 10.9 Å². The molecule has 0 radical (unpaired) electrons. The van der Waals surface area contributed by atoms with Crippen molar-refractivity contribution in [3.05, 3.63) is 36.0 Å². The summed E-state index contributed by atoms with van der Waals surface area (Å²) in [6.45, 7) is -1.11. The van der Waals surface area contributed by atoms with Crippen LogP contribution in [0.2, 0.25) is 0 Å². The highest BCUT2D eigenvalue weighted by Crippen LogP contribution is 2.48. The van der Waals surface area contributed by atoms with E-state index in [4.69, 9.17) is 11.6 Å². The highest BCUT2D eigenvalue weighted by Gasteiger charge is 2.65. The number of aromatic nitrogens is 1. The summed E-state index contributed by atoms with van der Waals surface area (Å²) in [6.07, 6.45) is -2.24. The predicted molar refractivity (Wildman–Crippen MR) is 86.0 cm³/mol. The van der Waals surface area contributed by atoms with E-state index < -0.39 is 27.9 Å². The molecule has 23 heavy (non-hydrogen) atoms. The standard InChI is InChI=1S/C14H15BrClNO6/c15-12(21,7-19)14(16,23)13(22,11(20)6-18)10-5-8-3-1-2-4-9(8)17-10/h1-6,11,17,19-23H,7H2/t11-,12+,13+,14+/m0/s1. The molecule has 0 aliphatic rings. The Labute approximate surface area is 144 Å². The van der Waals surface area contributed by atoms with Crippen LogP contribution in [0.5, 0.6) is 0 Å². The van der Waals surface area contributed by atoms with Gasteiger partial charge in [-0.3, -0.25) is 0 Å². The average molecular weight is 409 g/mol. The second-order valence-corrected chi connectivity index (χ2v) is 7.02. The van der Waals surface area contributed by atoms with Crippen LogP contribution in [0.3, 0.4) is 0 Å². The molecule has 0 saturated heterocycles. The van der Waals surface area contributed by atoms with E-state index in [-0.39, 0.29) is 12.0 Å². The van der Waals surface area contributed by atoms with Gasteiger partial charge in [0.2, 0.25) is 5.06 Å². The number of benzene rings is 1. The van der Waals surface area contributed by atoms with Crippen LogP contribution in [0.15, 0.2) is 30.3 Å². The third kappa shape index (κ3) is 2.70. The van der Waals surface area contributed by atoms with Gasteiger partial charge in [-0.1, -0.05) is 29.8 Å². The Morgan fingerprint density at radius 2 is 1.91 bits per heavy atom. The number of carbonyl (C=O) groups is 1. The maximum absolute atomic E-state index is 11.0. The minimum atomic E-state index is -3.06. The van der Waals surface area contributed by atoms with Gasteiger partial charge in [0.05, 0.1) is 12.3 Å². The molecule has 1 aromatic heterocycles. The second kappa shape index (κ2) is 6.14. The van der Waals surface area contributed by atoms with Gasteiger partial charge in [0.15, 0.2) is 16.4 Å². The summed E-state index contributed by atoms with van der Waals surface area (Å²) in [5, 5.41) is 48.1. The van der Waals surface area contributed by atoms with E-state index in [1.807, 2.05) is 0 Å². The molecule has 0 amide bonds. The monoisotopic (exact) mass is 407 g/mol. The molecular weight excluding hydrogens is 394 g/mol. The van der Waals surface area contributed by atoms with Crippen molar-refractivity contribution >= 4 is 44.7 Å². The number of hydrogen-bond donors (Lipinski definition) is 6. The summed E-state index contributed by atoms with van der Waals surface area (Å²) in [5.41, 5.74) is -2.54. The fraction of sp³-hybridized carbons (Fsp3) is 0.357. The summed E-state index contributed by atoms with van der Waals surface area (Å²) in [7, 11) is 0. The van der Waals surface area contributed by atoms with E-state index in [0.717, 1.165) is 0 Å². The van der Waals surface area contributed by atoms with Crippen molar-refractivity contribution in [3.8, 4) is 0 Å². The summed E-state index contributed by atoms with van der Waals surface area (Å²) >= 11 is 8.48. The molecule has 2 aromatic rings. The quantitative estimate of drug-likeness (QED) is 0.292. The largest absolute Gasteiger partial charge is 0.392 e. The molecule has 0 aliphatic heterocycles. The van der Waals surface area contributed by atoms with Gasteiger partial charge in [0.1, 0.15) is 6.10 Å². The first-order valence-electron chi connectivity index (χ1n) is 6.49. The summed E-state index contributed by atoms with van der Waals surface area (Å²) in [4.78, 5) is 13.8. The molecule has 0 bridgehead atoms. The molecule has 9 heteroatoms. The lowest BCUT2D eigenvalue weighted by atomic mass is 9.83. The van der Waals surface area contributed by atoms with Crippen LogP contribution >= 0.6 is 27.5 Å². The summed E-state index contributed by atoms with van der Waals surface area (Å²) in [5.74, 6) is 0. The number of H-pyrrole nitrogens is 1. The van der Waals surface area contributed by atoms with E-state index >= 15 is 0 Å². The van der Waals surface area contributed by atoms with Crippen LogP contribution in [-0.2, 0) is 10.4 Å². The third-order valence-electron chi connectivity index (χ3n) is 3.72. The zero-order valence-corrected chi connectivity index (χ0v) is 14.0. The van der Waals surface area contributed by atoms with E-state index in [2.05, 4.69) is 20.9 Å². The van der Waals surface area contributed by atoms with Gasteiger partial charge in [-0.2, -0.15) is 0 Å². The molecule has 0 unspecified atom stereocenters. The number of halogens is 2. The molecule has 7 nitrogen and oxygen atoms in total. The van der Waals surface area contributed by atoms with E-state index in [9.17, 15) is 30.3 Å². The molecule has 6 N–H and O–H groups in total. The summed E-state index contributed by atoms with van der Waals surface area (Å²) in [6, 6.07) is 8.13. The first-order valence-corrected chi connectivity index (χ1v) is 7.66. The van der Waals surface area contributed by atoms with E-state index in [1.165, 1.54) is 6.07 Å². The highest BCUT2D eigenvalue weighted by molar-refractivity contribution is 9.10. The van der Waals surface area contributed by atoms with Crippen LogP contribution in [0.1, 0.15) is 5.69 Å². The molecule has 0 saturated carbocycles. The number of carbonyl (C=O) groups excluding carboxylic acids is 1. The van der Waals surface area contributed by atoms with Gasteiger partial charge in [-0.15, -0.1) is 0 Å². The first kappa shape index (κ1) is 18.3. The number of para-hydroxylation sites is 1. The minimum absolute atomic E-state index is 0.0424. The van der Waals surface area contributed by atoms with Crippen LogP contribution in [0, 0.1) is 0 Å². The Hall–Kier alpha value is -1.000. The Kier molecular flexibility index (Phi) is 4.89. The Balaban J connectivity index is 2.71. The van der Waals surface area contributed by atoms with Crippen molar-refractivity contribution in [3.63, 3.8) is 0 Å². The SMILES string of the molecule is O=C[C@H](O)[C@](O)(c1cc2ccccc2[nH]1)[C@@](O)(Cl)[C@@](O)(Br)CO. The number of nitrogens with one attached hydrogen (secondary N) is 1. The Morgan fingerprint density at radius 3 is 2.43 bits per heavy atom. The lowest BCUT2D eigenvalue weighted by Crippen LogP contribution is -2.66. The molecule has 1 aromatic carbocycles. The smallest absolute Gasteiger partial charge is 0.217 e. The summed E-state index contributed by atoms with van der Waals surface area (Å²) < 4.78 is -2.61. The highest BCUT2D eigenvalue weighted by atomic mass is 79.9. The van der Waals surface area contributed by atoms with Crippen LogP contribution in [-0.4, -0.2) is 59.1 Å². The number of aldehydes is 1. The van der Waals surface area contributed by atoms with Crippen molar-refractivity contribution in [2.24, 2.45) is 0 Å². The van der Waals surface area contributed by atoms with Crippen molar-refractivity contribution < 1.29 is 30.3 Å². The molecule has 2 rings (SSSR count). The van der Waals surface area contributed by atoms with Crippen LogP contribution < -0.4 is 0 Å². The number of aromatic amines is 1. The fourth-order valence-corrected chi connectivity index (χ4v) is 2.88. The average Bonchev–Trinajstić information content (AvgIpc) is 2.97. The fourth-order valence-electron chi connectivity index (χ4n) is 2.31. The van der Waals surface area contributed by atoms with Crippen LogP contribution in [0.4, 0.5) is 0 Å². The molecule has 126 valence electrons. The van der Waals surface area contributed by atoms with Gasteiger partial charge >= 0.3 is 0 Å². The first-order chi connectivity index (χ1) is 10.6. The van der Waals surface area contributed by atoms with Gasteiger partial charge in [-0.05, 0) is 33.4 Å². The number of aliphatic hydroxyl groups excluding tert-OH is 2. The van der Waals surface area contributed by atoms with Gasteiger partial charge in [-0.25, -0.2) is 0 Å². The lowest BCUT2D eigenvalue weighted by molar-refractivity contribution is -0.215. The van der Waals surface area contributed by atoms with Gasteiger partial charge in [0.25, 0.3) is 0 Å². The second-order valence-electron chi connectivity index (χ2n) is 5.16. The molecule has 1 heterocycles. The number of hydrogen-bond acceptors (Lipinski definition) is 6. The maximum Gasteiger partial charge on any atom is 0.217 e. The zero-order valence-electron chi connectivity index (χ0n) is 11.6.